The van der Waals surface area contributed by atoms with E-state index in [4.69, 9.17) is 9.47 Å². The minimum absolute atomic E-state index is 0.0507. The lowest BCUT2D eigenvalue weighted by Gasteiger charge is -2.36. The normalized spacial score (nSPS) is 23.2. The number of para-hydroxylation sites is 1. The molecule has 3 heteroatoms. The molecule has 86 valence electrons. The molecule has 3 rings (SSSR count). The molecule has 0 saturated carbocycles. The molecule has 2 heterocycles. The first-order valence-corrected chi connectivity index (χ1v) is 5.93. The van der Waals surface area contributed by atoms with E-state index in [1.165, 1.54) is 5.56 Å². The summed E-state index contributed by atoms with van der Waals surface area (Å²) in [5, 5.41) is 3.48. The second-order valence-corrected chi connectivity index (χ2v) is 4.61. The molecule has 0 aliphatic carbocycles. The highest BCUT2D eigenvalue weighted by Gasteiger charge is 2.36. The van der Waals surface area contributed by atoms with E-state index in [1.807, 2.05) is 6.07 Å². The molecule has 0 aromatic heterocycles. The van der Waals surface area contributed by atoms with Crippen LogP contribution in [-0.4, -0.2) is 25.4 Å². The zero-order valence-electron chi connectivity index (χ0n) is 9.37. The largest absolute Gasteiger partial charge is 0.485 e. The molecule has 0 radical (unpaired) electrons. The Morgan fingerprint density at radius 3 is 2.81 bits per heavy atom. The monoisotopic (exact) mass is 219 g/mol. The molecule has 3 nitrogen and oxygen atoms in total. The SMILES string of the molecule is c1ccc2c(c1)CNCC1(CCOCC1)O2. The quantitative estimate of drug-likeness (QED) is 0.720. The molecule has 0 bridgehead atoms. The smallest absolute Gasteiger partial charge is 0.126 e. The zero-order valence-corrected chi connectivity index (χ0v) is 9.37. The van der Waals surface area contributed by atoms with Gasteiger partial charge in [0.05, 0.1) is 13.2 Å². The standard InChI is InChI=1S/C13H17NO2/c1-2-4-12-11(3-1)9-14-10-13(16-12)5-7-15-8-6-13/h1-4,14H,5-10H2. The highest BCUT2D eigenvalue weighted by atomic mass is 16.5. The maximum Gasteiger partial charge on any atom is 0.126 e. The lowest BCUT2D eigenvalue weighted by Crippen LogP contribution is -2.48. The van der Waals surface area contributed by atoms with Gasteiger partial charge in [0.2, 0.25) is 0 Å². The van der Waals surface area contributed by atoms with E-state index in [-0.39, 0.29) is 5.60 Å². The van der Waals surface area contributed by atoms with E-state index >= 15 is 0 Å². The molecule has 0 amide bonds. The molecular weight excluding hydrogens is 202 g/mol. The topological polar surface area (TPSA) is 30.5 Å². The Hall–Kier alpha value is -1.06. The highest BCUT2D eigenvalue weighted by molar-refractivity contribution is 5.34. The van der Waals surface area contributed by atoms with Gasteiger partial charge in [-0.1, -0.05) is 18.2 Å². The second kappa shape index (κ2) is 4.07. The molecular formula is C13H17NO2. The first-order chi connectivity index (χ1) is 7.88. The van der Waals surface area contributed by atoms with Crippen molar-refractivity contribution in [2.75, 3.05) is 19.8 Å². The predicted molar refractivity (Wildman–Crippen MR) is 61.6 cm³/mol. The van der Waals surface area contributed by atoms with Gasteiger partial charge in [-0.15, -0.1) is 0 Å². The van der Waals surface area contributed by atoms with Crippen LogP contribution < -0.4 is 10.1 Å². The van der Waals surface area contributed by atoms with Crippen LogP contribution in [0.2, 0.25) is 0 Å². The fourth-order valence-corrected chi connectivity index (χ4v) is 2.47. The van der Waals surface area contributed by atoms with Crippen molar-refractivity contribution in [2.45, 2.75) is 25.0 Å². The highest BCUT2D eigenvalue weighted by Crippen LogP contribution is 2.31. The van der Waals surface area contributed by atoms with Crippen molar-refractivity contribution < 1.29 is 9.47 Å². The molecule has 1 N–H and O–H groups in total. The summed E-state index contributed by atoms with van der Waals surface area (Å²) in [6.45, 7) is 3.44. The van der Waals surface area contributed by atoms with Crippen LogP contribution in [0.1, 0.15) is 18.4 Å². The van der Waals surface area contributed by atoms with E-state index in [2.05, 4.69) is 23.5 Å². The van der Waals surface area contributed by atoms with Crippen LogP contribution in [0.5, 0.6) is 5.75 Å². The minimum Gasteiger partial charge on any atom is -0.485 e. The van der Waals surface area contributed by atoms with Crippen LogP contribution in [0, 0.1) is 0 Å². The number of hydrogen-bond donors (Lipinski definition) is 1. The van der Waals surface area contributed by atoms with Gasteiger partial charge in [0.1, 0.15) is 11.4 Å². The van der Waals surface area contributed by atoms with Gasteiger partial charge in [-0.2, -0.15) is 0 Å². The lowest BCUT2D eigenvalue weighted by molar-refractivity contribution is -0.0420. The molecule has 1 fully saturated rings. The Kier molecular flexibility index (Phi) is 2.58. The van der Waals surface area contributed by atoms with Gasteiger partial charge in [-0.3, -0.25) is 0 Å². The van der Waals surface area contributed by atoms with Gasteiger partial charge in [0, 0.05) is 31.5 Å². The van der Waals surface area contributed by atoms with Gasteiger partial charge in [0.15, 0.2) is 0 Å². The Morgan fingerprint density at radius 1 is 1.12 bits per heavy atom. The first kappa shape index (κ1) is 10.1. The van der Waals surface area contributed by atoms with Crippen molar-refractivity contribution in [1.82, 2.24) is 5.32 Å². The van der Waals surface area contributed by atoms with Crippen molar-refractivity contribution in [3.05, 3.63) is 29.8 Å². The third kappa shape index (κ3) is 1.81. The summed E-state index contributed by atoms with van der Waals surface area (Å²) in [7, 11) is 0. The summed E-state index contributed by atoms with van der Waals surface area (Å²) < 4.78 is 11.7. The number of hydrogen-bond acceptors (Lipinski definition) is 3. The van der Waals surface area contributed by atoms with Crippen LogP contribution in [0.15, 0.2) is 24.3 Å². The average molecular weight is 219 g/mol. The maximum atomic E-state index is 6.24. The molecule has 16 heavy (non-hydrogen) atoms. The average Bonchev–Trinajstić information content (AvgIpc) is 2.49. The third-order valence-corrected chi connectivity index (χ3v) is 3.47. The molecule has 2 aliphatic rings. The van der Waals surface area contributed by atoms with Crippen molar-refractivity contribution >= 4 is 0 Å². The van der Waals surface area contributed by atoms with Crippen molar-refractivity contribution in [3.8, 4) is 5.75 Å². The van der Waals surface area contributed by atoms with Gasteiger partial charge >= 0.3 is 0 Å². The Bertz CT molecular complexity index is 372. The lowest BCUT2D eigenvalue weighted by atomic mass is 9.94. The van der Waals surface area contributed by atoms with Crippen molar-refractivity contribution in [2.24, 2.45) is 0 Å². The van der Waals surface area contributed by atoms with E-state index < -0.39 is 0 Å². The summed E-state index contributed by atoms with van der Waals surface area (Å²) >= 11 is 0. The Balaban J connectivity index is 1.89. The Morgan fingerprint density at radius 2 is 1.94 bits per heavy atom. The van der Waals surface area contributed by atoms with Crippen LogP contribution in [0.4, 0.5) is 0 Å². The van der Waals surface area contributed by atoms with Gasteiger partial charge in [-0.25, -0.2) is 0 Å². The minimum atomic E-state index is -0.0507. The molecule has 1 aromatic rings. The van der Waals surface area contributed by atoms with E-state index in [1.54, 1.807) is 0 Å². The first-order valence-electron chi connectivity index (χ1n) is 5.93. The van der Waals surface area contributed by atoms with Crippen molar-refractivity contribution in [1.29, 1.82) is 0 Å². The van der Waals surface area contributed by atoms with Crippen LogP contribution >= 0.6 is 0 Å². The summed E-state index contributed by atoms with van der Waals surface area (Å²) in [6, 6.07) is 8.29. The zero-order chi connectivity index (χ0) is 10.8. The molecule has 1 spiro atoms. The Labute approximate surface area is 95.8 Å². The summed E-state index contributed by atoms with van der Waals surface area (Å²) in [6.07, 6.45) is 1.96. The number of rotatable bonds is 0. The molecule has 2 aliphatic heterocycles. The summed E-state index contributed by atoms with van der Waals surface area (Å²) in [4.78, 5) is 0. The third-order valence-electron chi connectivity index (χ3n) is 3.47. The van der Waals surface area contributed by atoms with Crippen LogP contribution in [0.25, 0.3) is 0 Å². The number of nitrogens with one attached hydrogen (secondary N) is 1. The van der Waals surface area contributed by atoms with E-state index in [0.29, 0.717) is 0 Å². The van der Waals surface area contributed by atoms with Crippen LogP contribution in [0.3, 0.4) is 0 Å². The van der Waals surface area contributed by atoms with Gasteiger partial charge in [-0.05, 0) is 6.07 Å². The molecule has 0 unspecified atom stereocenters. The fourth-order valence-electron chi connectivity index (χ4n) is 2.47. The molecule has 1 saturated heterocycles. The number of ether oxygens (including phenoxy) is 2. The van der Waals surface area contributed by atoms with E-state index in [0.717, 1.165) is 44.9 Å². The molecule has 1 aromatic carbocycles. The summed E-state index contributed by atoms with van der Waals surface area (Å²) in [5.41, 5.74) is 1.20. The number of fused-ring (bicyclic) bond motifs is 1. The van der Waals surface area contributed by atoms with Gasteiger partial charge in [0.25, 0.3) is 0 Å². The van der Waals surface area contributed by atoms with Crippen molar-refractivity contribution in [3.63, 3.8) is 0 Å². The fraction of sp³-hybridized carbons (Fsp3) is 0.538. The predicted octanol–water partition coefficient (Wildman–Crippen LogP) is 1.72. The summed E-state index contributed by atoms with van der Waals surface area (Å²) in [5.74, 6) is 1.04. The molecule has 0 atom stereocenters. The number of benzene rings is 1. The van der Waals surface area contributed by atoms with Gasteiger partial charge < -0.3 is 14.8 Å². The maximum absolute atomic E-state index is 6.24. The van der Waals surface area contributed by atoms with E-state index in [9.17, 15) is 0 Å². The second-order valence-electron chi connectivity index (χ2n) is 4.61. The van der Waals surface area contributed by atoms with Crippen LogP contribution in [-0.2, 0) is 11.3 Å².